The first-order valence-electron chi connectivity index (χ1n) is 11.1. The van der Waals surface area contributed by atoms with Gasteiger partial charge in [0.15, 0.2) is 0 Å². The summed E-state index contributed by atoms with van der Waals surface area (Å²) in [4.78, 5) is 17.0. The molecule has 31 heavy (non-hydrogen) atoms. The van der Waals surface area contributed by atoms with Crippen molar-refractivity contribution in [2.45, 2.75) is 38.7 Å². The van der Waals surface area contributed by atoms with Crippen LogP contribution in [0.25, 0.3) is 0 Å². The third-order valence-electron chi connectivity index (χ3n) is 5.97. The molecule has 9 heteroatoms. The molecule has 1 N–H and O–H groups in total. The maximum atomic E-state index is 13.0. The zero-order chi connectivity index (χ0) is 22.6. The van der Waals surface area contributed by atoms with Crippen LogP contribution < -0.4 is 5.32 Å². The van der Waals surface area contributed by atoms with Gasteiger partial charge in [0.05, 0.1) is 17.6 Å². The van der Waals surface area contributed by atoms with Gasteiger partial charge in [-0.05, 0) is 43.0 Å². The van der Waals surface area contributed by atoms with Crippen LogP contribution in [-0.4, -0.2) is 93.6 Å². The van der Waals surface area contributed by atoms with Crippen LogP contribution in [-0.2, 0) is 14.8 Å². The third-order valence-corrected chi connectivity index (χ3v) is 7.86. The Balaban J connectivity index is 1.48. The molecule has 2 fully saturated rings. The molecule has 0 unspecified atom stereocenters. The van der Waals surface area contributed by atoms with Crippen LogP contribution in [0.2, 0.25) is 0 Å². The van der Waals surface area contributed by atoms with Crippen LogP contribution in [0.15, 0.2) is 23.1 Å². The average Bonchev–Trinajstić information content (AvgIpc) is 2.74. The normalized spacial score (nSPS) is 21.5. The first-order valence-corrected chi connectivity index (χ1v) is 12.5. The number of benzene rings is 1. The Morgan fingerprint density at radius 1 is 1.13 bits per heavy atom. The van der Waals surface area contributed by atoms with Gasteiger partial charge in [0.25, 0.3) is 0 Å². The van der Waals surface area contributed by atoms with E-state index in [9.17, 15) is 13.2 Å². The fourth-order valence-electron chi connectivity index (χ4n) is 4.05. The molecule has 0 bridgehead atoms. The van der Waals surface area contributed by atoms with E-state index in [0.717, 1.165) is 30.8 Å². The lowest BCUT2D eigenvalue weighted by molar-refractivity contribution is -0.0294. The van der Waals surface area contributed by atoms with Crippen LogP contribution in [0, 0.1) is 19.8 Å². The number of aryl methyl sites for hydroxylation is 2. The molecule has 174 valence electrons. The average molecular weight is 453 g/mol. The SMILES string of the molecule is Cc1ccc(S(=O)(=O)N2CCN(C(=O)NC[C@H]3CN(CC(C)C)CCO3)CC2)cc1C. The molecule has 0 radical (unpaired) electrons. The van der Waals surface area contributed by atoms with Crippen LogP contribution in [0.5, 0.6) is 0 Å². The van der Waals surface area contributed by atoms with Crippen molar-refractivity contribution < 1.29 is 17.9 Å². The van der Waals surface area contributed by atoms with Gasteiger partial charge >= 0.3 is 6.03 Å². The highest BCUT2D eigenvalue weighted by Crippen LogP contribution is 2.20. The van der Waals surface area contributed by atoms with Gasteiger partial charge in [-0.15, -0.1) is 0 Å². The molecular weight excluding hydrogens is 416 g/mol. The minimum Gasteiger partial charge on any atom is -0.374 e. The molecule has 2 aliphatic heterocycles. The second-order valence-corrected chi connectivity index (χ2v) is 10.9. The summed E-state index contributed by atoms with van der Waals surface area (Å²) in [6, 6.07) is 5.05. The molecule has 0 aromatic heterocycles. The minimum absolute atomic E-state index is 0.0112. The zero-order valence-electron chi connectivity index (χ0n) is 19.1. The molecule has 0 spiro atoms. The Morgan fingerprint density at radius 3 is 2.48 bits per heavy atom. The van der Waals surface area contributed by atoms with E-state index < -0.39 is 10.0 Å². The van der Waals surface area contributed by atoms with Gasteiger partial charge < -0.3 is 15.0 Å². The second kappa shape index (κ2) is 10.3. The number of morpholine rings is 1. The van der Waals surface area contributed by atoms with Crippen LogP contribution >= 0.6 is 0 Å². The molecule has 1 aromatic rings. The number of hydrogen-bond acceptors (Lipinski definition) is 5. The van der Waals surface area contributed by atoms with Gasteiger partial charge in [-0.1, -0.05) is 19.9 Å². The van der Waals surface area contributed by atoms with Gasteiger partial charge in [0.1, 0.15) is 0 Å². The van der Waals surface area contributed by atoms with Crippen molar-refractivity contribution in [3.05, 3.63) is 29.3 Å². The Bertz CT molecular complexity index is 866. The van der Waals surface area contributed by atoms with Crippen molar-refractivity contribution in [1.29, 1.82) is 0 Å². The number of urea groups is 1. The Labute approximate surface area is 186 Å². The summed E-state index contributed by atoms with van der Waals surface area (Å²) in [5.74, 6) is 0.602. The summed E-state index contributed by atoms with van der Waals surface area (Å²) < 4.78 is 33.2. The van der Waals surface area contributed by atoms with Crippen LogP contribution in [0.1, 0.15) is 25.0 Å². The van der Waals surface area contributed by atoms with Crippen molar-refractivity contribution in [2.75, 3.05) is 59.0 Å². The van der Waals surface area contributed by atoms with E-state index in [1.54, 1.807) is 17.0 Å². The number of piperazine rings is 1. The van der Waals surface area contributed by atoms with Crippen LogP contribution in [0.3, 0.4) is 0 Å². The lowest BCUT2D eigenvalue weighted by Crippen LogP contribution is -2.55. The quantitative estimate of drug-likeness (QED) is 0.710. The summed E-state index contributed by atoms with van der Waals surface area (Å²) in [6.45, 7) is 13.6. The van der Waals surface area contributed by atoms with Gasteiger partial charge in [-0.25, -0.2) is 13.2 Å². The number of carbonyl (C=O) groups excluding carboxylic acids is 1. The molecule has 1 atom stereocenters. The molecule has 8 nitrogen and oxygen atoms in total. The van der Waals surface area contributed by atoms with Crippen molar-refractivity contribution >= 4 is 16.1 Å². The Kier molecular flexibility index (Phi) is 7.96. The van der Waals surface area contributed by atoms with Gasteiger partial charge in [0, 0.05) is 52.4 Å². The summed E-state index contributed by atoms with van der Waals surface area (Å²) in [6.07, 6.45) is -0.0112. The smallest absolute Gasteiger partial charge is 0.317 e. The van der Waals surface area contributed by atoms with E-state index in [-0.39, 0.29) is 12.1 Å². The van der Waals surface area contributed by atoms with E-state index in [4.69, 9.17) is 4.74 Å². The number of nitrogens with zero attached hydrogens (tertiary/aromatic N) is 3. The Morgan fingerprint density at radius 2 is 1.84 bits per heavy atom. The highest BCUT2D eigenvalue weighted by atomic mass is 32.2. The number of nitrogens with one attached hydrogen (secondary N) is 1. The van der Waals surface area contributed by atoms with E-state index in [1.807, 2.05) is 19.9 Å². The van der Waals surface area contributed by atoms with Crippen LogP contribution in [0.4, 0.5) is 4.79 Å². The molecular formula is C22H36N4O4S. The first kappa shape index (κ1) is 24.0. The van der Waals surface area contributed by atoms with Gasteiger partial charge in [0.2, 0.25) is 10.0 Å². The number of sulfonamides is 1. The third kappa shape index (κ3) is 6.19. The largest absolute Gasteiger partial charge is 0.374 e. The summed E-state index contributed by atoms with van der Waals surface area (Å²) in [5, 5.41) is 2.96. The lowest BCUT2D eigenvalue weighted by atomic mass is 10.1. The van der Waals surface area contributed by atoms with Gasteiger partial charge in [-0.3, -0.25) is 4.90 Å². The highest BCUT2D eigenvalue weighted by molar-refractivity contribution is 7.89. The summed E-state index contributed by atoms with van der Waals surface area (Å²) in [7, 11) is -3.55. The van der Waals surface area contributed by atoms with Crippen molar-refractivity contribution in [3.63, 3.8) is 0 Å². The monoisotopic (exact) mass is 452 g/mol. The van der Waals surface area contributed by atoms with Gasteiger partial charge in [-0.2, -0.15) is 4.31 Å². The Hall–Kier alpha value is -1.68. The van der Waals surface area contributed by atoms with Crippen molar-refractivity contribution in [1.82, 2.24) is 19.4 Å². The topological polar surface area (TPSA) is 82.2 Å². The summed E-state index contributed by atoms with van der Waals surface area (Å²) in [5.41, 5.74) is 2.02. The van der Waals surface area contributed by atoms with Crippen molar-refractivity contribution in [3.8, 4) is 0 Å². The van der Waals surface area contributed by atoms with Crippen molar-refractivity contribution in [2.24, 2.45) is 5.92 Å². The highest BCUT2D eigenvalue weighted by Gasteiger charge is 2.30. The second-order valence-electron chi connectivity index (χ2n) is 8.97. The molecule has 1 aromatic carbocycles. The standard InChI is InChI=1S/C22H36N4O4S/c1-17(2)15-24-11-12-30-20(16-24)14-23-22(27)25-7-9-26(10-8-25)31(28,29)21-6-5-18(3)19(4)13-21/h5-6,13,17,20H,7-12,14-16H2,1-4H3,(H,23,27)/t20-/m0/s1. The maximum absolute atomic E-state index is 13.0. The lowest BCUT2D eigenvalue weighted by Gasteiger charge is -2.36. The fraction of sp³-hybridized carbons (Fsp3) is 0.682. The first-order chi connectivity index (χ1) is 14.7. The van der Waals surface area contributed by atoms with E-state index >= 15 is 0 Å². The molecule has 0 saturated carbocycles. The van der Waals surface area contributed by atoms with E-state index in [0.29, 0.717) is 50.1 Å². The molecule has 2 saturated heterocycles. The molecule has 2 aliphatic rings. The number of ether oxygens (including phenoxy) is 1. The zero-order valence-corrected chi connectivity index (χ0v) is 20.0. The predicted molar refractivity (Wildman–Crippen MR) is 121 cm³/mol. The predicted octanol–water partition coefficient (Wildman–Crippen LogP) is 1.68. The van der Waals surface area contributed by atoms with E-state index in [2.05, 4.69) is 24.1 Å². The molecule has 0 aliphatic carbocycles. The molecule has 2 heterocycles. The van der Waals surface area contributed by atoms with E-state index in [1.165, 1.54) is 4.31 Å². The molecule has 2 amide bonds. The minimum atomic E-state index is -3.55. The molecule has 3 rings (SSSR count). The number of rotatable bonds is 6. The number of hydrogen-bond donors (Lipinski definition) is 1. The summed E-state index contributed by atoms with van der Waals surface area (Å²) >= 11 is 0. The number of carbonyl (C=O) groups is 1. The fourth-order valence-corrected chi connectivity index (χ4v) is 5.56. The number of amides is 2. The maximum Gasteiger partial charge on any atom is 0.317 e.